The average Bonchev–Trinajstić information content (AvgIpc) is 3.02. The van der Waals surface area contributed by atoms with Crippen molar-refractivity contribution in [2.24, 2.45) is 0 Å². The quantitative estimate of drug-likeness (QED) is 0.624. The lowest BCUT2D eigenvalue weighted by atomic mass is 10.1. The summed E-state index contributed by atoms with van der Waals surface area (Å²) in [5.74, 6) is 0.202. The number of amides is 1. The molecule has 0 aliphatic carbocycles. The standard InChI is InChI=1S/C22H29N5O3/c1-7-26(5)15(4)20-14(3)19(17-9-8-10-24-27(17)20)22(29)23-12-16-18(30-6)11-13(2)25-21(16)28/h8-11,15H,7,12H2,1-6H3,(H,23,29)(H,25,28). The molecule has 0 spiro atoms. The molecule has 0 fully saturated rings. The van der Waals surface area contributed by atoms with Gasteiger partial charge in [0, 0.05) is 17.9 Å². The normalized spacial score (nSPS) is 12.4. The van der Waals surface area contributed by atoms with Gasteiger partial charge >= 0.3 is 0 Å². The van der Waals surface area contributed by atoms with Crippen LogP contribution in [0.2, 0.25) is 0 Å². The number of aromatic amines is 1. The number of nitrogens with one attached hydrogen (secondary N) is 2. The van der Waals surface area contributed by atoms with Crippen molar-refractivity contribution in [3.63, 3.8) is 0 Å². The van der Waals surface area contributed by atoms with Gasteiger partial charge in [0.1, 0.15) is 5.75 Å². The number of H-pyrrole nitrogens is 1. The molecule has 3 rings (SSSR count). The number of methoxy groups -OCH3 is 1. The maximum absolute atomic E-state index is 13.2. The van der Waals surface area contributed by atoms with Crippen LogP contribution in [-0.4, -0.2) is 46.1 Å². The lowest BCUT2D eigenvalue weighted by Gasteiger charge is -2.23. The molecule has 1 atom stereocenters. The molecule has 30 heavy (non-hydrogen) atoms. The van der Waals surface area contributed by atoms with Gasteiger partial charge in [-0.3, -0.25) is 14.5 Å². The molecule has 3 aromatic rings. The lowest BCUT2D eigenvalue weighted by Crippen LogP contribution is -2.28. The van der Waals surface area contributed by atoms with Crippen molar-refractivity contribution in [3.05, 3.63) is 62.8 Å². The van der Waals surface area contributed by atoms with Gasteiger partial charge in [-0.05, 0) is 58.1 Å². The van der Waals surface area contributed by atoms with Gasteiger partial charge in [0.25, 0.3) is 11.5 Å². The molecule has 0 bridgehead atoms. The van der Waals surface area contributed by atoms with Crippen molar-refractivity contribution in [2.75, 3.05) is 20.7 Å². The molecule has 1 unspecified atom stereocenters. The highest BCUT2D eigenvalue weighted by atomic mass is 16.5. The number of aryl methyl sites for hydroxylation is 1. The second-order valence-corrected chi connectivity index (χ2v) is 7.47. The van der Waals surface area contributed by atoms with Gasteiger partial charge in [-0.1, -0.05) is 6.92 Å². The molecular weight excluding hydrogens is 382 g/mol. The minimum Gasteiger partial charge on any atom is -0.496 e. The zero-order valence-electron chi connectivity index (χ0n) is 18.4. The van der Waals surface area contributed by atoms with Gasteiger partial charge in [0.05, 0.1) is 36.0 Å². The number of rotatable bonds is 7. The van der Waals surface area contributed by atoms with Crippen molar-refractivity contribution in [3.8, 4) is 5.75 Å². The molecule has 0 saturated heterocycles. The Labute approximate surface area is 175 Å². The molecule has 0 saturated carbocycles. The van der Waals surface area contributed by atoms with E-state index in [1.54, 1.807) is 19.2 Å². The van der Waals surface area contributed by atoms with E-state index >= 15 is 0 Å². The summed E-state index contributed by atoms with van der Waals surface area (Å²) >= 11 is 0. The fourth-order valence-electron chi connectivity index (χ4n) is 3.78. The maximum atomic E-state index is 13.2. The van der Waals surface area contributed by atoms with E-state index < -0.39 is 0 Å². The highest BCUT2D eigenvalue weighted by molar-refractivity contribution is 6.03. The Bertz CT molecular complexity index is 1130. The molecule has 0 aromatic carbocycles. The van der Waals surface area contributed by atoms with Crippen molar-refractivity contribution >= 4 is 11.4 Å². The van der Waals surface area contributed by atoms with Crippen LogP contribution in [0.3, 0.4) is 0 Å². The summed E-state index contributed by atoms with van der Waals surface area (Å²) in [6.45, 7) is 8.86. The fraction of sp³-hybridized carbons (Fsp3) is 0.409. The molecule has 8 heteroatoms. The molecule has 0 radical (unpaired) electrons. The largest absolute Gasteiger partial charge is 0.496 e. The van der Waals surface area contributed by atoms with Crippen LogP contribution in [-0.2, 0) is 6.54 Å². The summed E-state index contributed by atoms with van der Waals surface area (Å²) in [4.78, 5) is 30.5. The van der Waals surface area contributed by atoms with Crippen LogP contribution >= 0.6 is 0 Å². The van der Waals surface area contributed by atoms with Crippen LogP contribution in [0.1, 0.15) is 52.8 Å². The summed E-state index contributed by atoms with van der Waals surface area (Å²) in [5.41, 5.74) is 3.97. The number of hydrogen-bond acceptors (Lipinski definition) is 5. The Kier molecular flexibility index (Phi) is 6.26. The molecule has 3 aromatic heterocycles. The first kappa shape index (κ1) is 21.6. The molecule has 1 amide bonds. The third kappa shape index (κ3) is 3.82. The minimum atomic E-state index is -0.272. The zero-order valence-corrected chi connectivity index (χ0v) is 18.4. The van der Waals surface area contributed by atoms with E-state index in [4.69, 9.17) is 4.74 Å². The average molecular weight is 412 g/mol. The van der Waals surface area contributed by atoms with Gasteiger partial charge in [-0.25, -0.2) is 4.52 Å². The maximum Gasteiger partial charge on any atom is 0.256 e. The molecule has 3 heterocycles. The van der Waals surface area contributed by atoms with E-state index in [1.807, 2.05) is 30.6 Å². The van der Waals surface area contributed by atoms with Crippen molar-refractivity contribution < 1.29 is 9.53 Å². The predicted molar refractivity (Wildman–Crippen MR) is 116 cm³/mol. The van der Waals surface area contributed by atoms with E-state index in [0.717, 1.165) is 23.3 Å². The summed E-state index contributed by atoms with van der Waals surface area (Å²) < 4.78 is 7.16. The molecule has 2 N–H and O–H groups in total. The Morgan fingerprint density at radius 3 is 2.80 bits per heavy atom. The summed E-state index contributed by atoms with van der Waals surface area (Å²) in [6.07, 6.45) is 1.72. The predicted octanol–water partition coefficient (Wildman–Crippen LogP) is 2.59. The SMILES string of the molecule is CCN(C)C(C)c1c(C)c(C(=O)NCc2c(OC)cc(C)[nH]c2=O)c2cccnn12. The molecule has 8 nitrogen and oxygen atoms in total. The van der Waals surface area contributed by atoms with Crippen LogP contribution < -0.4 is 15.6 Å². The smallest absolute Gasteiger partial charge is 0.256 e. The van der Waals surface area contributed by atoms with E-state index in [-0.39, 0.29) is 24.1 Å². The summed E-state index contributed by atoms with van der Waals surface area (Å²) in [6, 6.07) is 5.53. The minimum absolute atomic E-state index is 0.0639. The zero-order chi connectivity index (χ0) is 22.0. The van der Waals surface area contributed by atoms with Crippen molar-refractivity contribution in [1.29, 1.82) is 0 Å². The van der Waals surface area contributed by atoms with Gasteiger partial charge in [0.2, 0.25) is 0 Å². The lowest BCUT2D eigenvalue weighted by molar-refractivity contribution is 0.0951. The number of carbonyl (C=O) groups is 1. The Morgan fingerprint density at radius 2 is 2.13 bits per heavy atom. The van der Waals surface area contributed by atoms with E-state index in [9.17, 15) is 9.59 Å². The third-order valence-electron chi connectivity index (χ3n) is 5.65. The number of hydrogen-bond donors (Lipinski definition) is 2. The first-order valence-electron chi connectivity index (χ1n) is 10.0. The fourth-order valence-corrected chi connectivity index (χ4v) is 3.78. The van der Waals surface area contributed by atoms with Crippen molar-refractivity contribution in [1.82, 2.24) is 24.8 Å². The number of nitrogens with zero attached hydrogens (tertiary/aromatic N) is 3. The number of aromatic nitrogens is 3. The van der Waals surface area contributed by atoms with Crippen LogP contribution in [0.25, 0.3) is 5.52 Å². The van der Waals surface area contributed by atoms with Gasteiger partial charge in [-0.15, -0.1) is 0 Å². The number of carbonyl (C=O) groups excluding carboxylic acids is 1. The highest BCUT2D eigenvalue weighted by Crippen LogP contribution is 2.29. The van der Waals surface area contributed by atoms with Crippen LogP contribution in [0.4, 0.5) is 0 Å². The second-order valence-electron chi connectivity index (χ2n) is 7.47. The van der Waals surface area contributed by atoms with Gasteiger partial charge in [-0.2, -0.15) is 5.10 Å². The van der Waals surface area contributed by atoms with Crippen molar-refractivity contribution in [2.45, 2.75) is 40.3 Å². The second kappa shape index (κ2) is 8.71. The Morgan fingerprint density at radius 1 is 1.40 bits per heavy atom. The van der Waals surface area contributed by atoms with E-state index in [2.05, 4.69) is 34.1 Å². The molecule has 160 valence electrons. The topological polar surface area (TPSA) is 91.7 Å². The number of pyridine rings is 1. The summed E-state index contributed by atoms with van der Waals surface area (Å²) in [5, 5.41) is 7.37. The highest BCUT2D eigenvalue weighted by Gasteiger charge is 2.26. The van der Waals surface area contributed by atoms with Gasteiger partial charge < -0.3 is 15.0 Å². The molecule has 0 aliphatic heterocycles. The summed E-state index contributed by atoms with van der Waals surface area (Å²) in [7, 11) is 3.55. The van der Waals surface area contributed by atoms with Crippen LogP contribution in [0.15, 0.2) is 29.2 Å². The third-order valence-corrected chi connectivity index (χ3v) is 5.65. The van der Waals surface area contributed by atoms with Crippen LogP contribution in [0, 0.1) is 13.8 Å². The first-order valence-corrected chi connectivity index (χ1v) is 10.0. The number of fused-ring (bicyclic) bond motifs is 1. The first-order chi connectivity index (χ1) is 14.3. The van der Waals surface area contributed by atoms with E-state index in [1.165, 1.54) is 7.11 Å². The van der Waals surface area contributed by atoms with Crippen LogP contribution in [0.5, 0.6) is 5.75 Å². The Hall–Kier alpha value is -3.13. The van der Waals surface area contributed by atoms with E-state index in [0.29, 0.717) is 22.6 Å². The monoisotopic (exact) mass is 411 g/mol. The molecular formula is C22H29N5O3. The van der Waals surface area contributed by atoms with Gasteiger partial charge in [0.15, 0.2) is 0 Å². The number of ether oxygens (including phenoxy) is 1. The Balaban J connectivity index is 1.99. The molecule has 0 aliphatic rings.